The maximum absolute atomic E-state index is 6.36. The third-order valence-corrected chi connectivity index (χ3v) is 5.09. The van der Waals surface area contributed by atoms with Gasteiger partial charge in [0.2, 0.25) is 0 Å². The number of methoxy groups -OCH3 is 1. The van der Waals surface area contributed by atoms with Crippen molar-refractivity contribution in [1.82, 2.24) is 0 Å². The number of rotatable bonds is 5. The van der Waals surface area contributed by atoms with Crippen LogP contribution in [-0.4, -0.2) is 13.7 Å². The Bertz CT molecular complexity index is 1260. The molecule has 0 aliphatic rings. The van der Waals surface area contributed by atoms with Crippen molar-refractivity contribution in [3.8, 4) is 22.8 Å². The molecule has 0 saturated heterocycles. The van der Waals surface area contributed by atoms with Gasteiger partial charge in [-0.15, -0.1) is 0 Å². The number of halogens is 2. The summed E-state index contributed by atoms with van der Waals surface area (Å²) < 4.78 is 17.1. The fraction of sp³-hybridized carbons (Fsp3) is 0.125. The molecule has 0 aliphatic heterocycles. The van der Waals surface area contributed by atoms with Gasteiger partial charge in [0.05, 0.1) is 29.8 Å². The van der Waals surface area contributed by atoms with E-state index in [1.54, 1.807) is 25.3 Å². The molecule has 6 heteroatoms. The predicted octanol–water partition coefficient (Wildman–Crippen LogP) is 7.05. The molecule has 30 heavy (non-hydrogen) atoms. The van der Waals surface area contributed by atoms with Crippen molar-refractivity contribution in [2.45, 2.75) is 6.92 Å². The third-order valence-electron chi connectivity index (χ3n) is 4.55. The highest BCUT2D eigenvalue weighted by atomic mass is 35.5. The van der Waals surface area contributed by atoms with Crippen LogP contribution in [0.4, 0.5) is 5.69 Å². The van der Waals surface area contributed by atoms with Gasteiger partial charge in [-0.2, -0.15) is 0 Å². The zero-order valence-corrected chi connectivity index (χ0v) is 18.0. The van der Waals surface area contributed by atoms with Gasteiger partial charge in [0, 0.05) is 22.0 Å². The summed E-state index contributed by atoms with van der Waals surface area (Å²) in [6.07, 6.45) is 0. The van der Waals surface area contributed by atoms with Gasteiger partial charge in [-0.3, -0.25) is 0 Å². The Morgan fingerprint density at radius 2 is 1.67 bits per heavy atom. The predicted molar refractivity (Wildman–Crippen MR) is 121 cm³/mol. The van der Waals surface area contributed by atoms with Crippen LogP contribution in [0.15, 0.2) is 76.1 Å². The van der Waals surface area contributed by atoms with Gasteiger partial charge in [-0.25, -0.2) is 4.99 Å². The molecule has 1 heterocycles. The molecule has 0 radical (unpaired) electrons. The minimum absolute atomic E-state index is 0.475. The molecule has 0 saturated carbocycles. The minimum Gasteiger partial charge on any atom is -0.497 e. The van der Waals surface area contributed by atoms with E-state index in [-0.39, 0.29) is 0 Å². The summed E-state index contributed by atoms with van der Waals surface area (Å²) in [7, 11) is 1.64. The lowest BCUT2D eigenvalue weighted by Crippen LogP contribution is -2.04. The molecular formula is C24H19Cl2NO3. The molecule has 0 unspecified atom stereocenters. The fourth-order valence-electron chi connectivity index (χ4n) is 3.10. The molecule has 0 aliphatic carbocycles. The van der Waals surface area contributed by atoms with Crippen LogP contribution in [-0.2, 0) is 0 Å². The Labute approximate surface area is 184 Å². The molecule has 4 nitrogen and oxygen atoms in total. The zero-order valence-electron chi connectivity index (χ0n) is 16.5. The van der Waals surface area contributed by atoms with Gasteiger partial charge in [-0.05, 0) is 67.6 Å². The monoisotopic (exact) mass is 439 g/mol. The molecule has 4 rings (SSSR count). The molecule has 0 bridgehead atoms. The van der Waals surface area contributed by atoms with Crippen LogP contribution in [0.25, 0.3) is 22.3 Å². The average Bonchev–Trinajstić information content (AvgIpc) is 2.76. The van der Waals surface area contributed by atoms with E-state index in [0.717, 1.165) is 22.4 Å². The molecule has 0 N–H and O–H groups in total. The van der Waals surface area contributed by atoms with E-state index in [4.69, 9.17) is 42.1 Å². The number of hydrogen-bond acceptors (Lipinski definition) is 4. The summed E-state index contributed by atoms with van der Waals surface area (Å²) in [6, 6.07) is 20.5. The third kappa shape index (κ3) is 4.30. The van der Waals surface area contributed by atoms with Crippen LogP contribution in [0.3, 0.4) is 0 Å². The van der Waals surface area contributed by atoms with E-state index in [0.29, 0.717) is 39.0 Å². The summed E-state index contributed by atoms with van der Waals surface area (Å²) in [4.78, 5) is 4.80. The Morgan fingerprint density at radius 3 is 2.37 bits per heavy atom. The largest absolute Gasteiger partial charge is 0.497 e. The lowest BCUT2D eigenvalue weighted by Gasteiger charge is -2.08. The molecule has 3 aromatic carbocycles. The van der Waals surface area contributed by atoms with Gasteiger partial charge in [0.15, 0.2) is 0 Å². The first-order valence-corrected chi connectivity index (χ1v) is 10.2. The second kappa shape index (κ2) is 8.82. The van der Waals surface area contributed by atoms with Crippen molar-refractivity contribution in [2.24, 2.45) is 4.99 Å². The number of hydrogen-bond donors (Lipinski definition) is 0. The maximum atomic E-state index is 6.36. The van der Waals surface area contributed by atoms with E-state index in [9.17, 15) is 0 Å². The van der Waals surface area contributed by atoms with Crippen LogP contribution in [0, 0.1) is 0 Å². The number of ether oxygens (including phenoxy) is 2. The Hall–Kier alpha value is -2.95. The fourth-order valence-corrected chi connectivity index (χ4v) is 3.55. The second-order valence-corrected chi connectivity index (χ2v) is 7.37. The molecule has 0 fully saturated rings. The van der Waals surface area contributed by atoms with Crippen molar-refractivity contribution in [3.63, 3.8) is 0 Å². The second-order valence-electron chi connectivity index (χ2n) is 6.52. The first kappa shape index (κ1) is 20.3. The summed E-state index contributed by atoms with van der Waals surface area (Å²) in [5.41, 5.74) is 2.22. The normalized spacial score (nSPS) is 11.7. The van der Waals surface area contributed by atoms with Crippen molar-refractivity contribution in [2.75, 3.05) is 13.7 Å². The highest BCUT2D eigenvalue weighted by molar-refractivity contribution is 6.36. The van der Waals surface area contributed by atoms with E-state index >= 15 is 0 Å². The first-order chi connectivity index (χ1) is 14.6. The molecule has 0 spiro atoms. The number of nitrogens with zero attached hydrogens (tertiary/aromatic N) is 1. The molecule has 0 amide bonds. The van der Waals surface area contributed by atoms with Crippen molar-refractivity contribution in [3.05, 3.63) is 82.1 Å². The van der Waals surface area contributed by atoms with Crippen LogP contribution >= 0.6 is 23.2 Å². The first-order valence-electron chi connectivity index (χ1n) is 9.42. The smallest absolute Gasteiger partial charge is 0.137 e. The van der Waals surface area contributed by atoms with Crippen LogP contribution in [0.1, 0.15) is 6.92 Å². The zero-order chi connectivity index (χ0) is 21.1. The summed E-state index contributed by atoms with van der Waals surface area (Å²) in [6.45, 7) is 2.52. The Balaban J connectivity index is 1.95. The van der Waals surface area contributed by atoms with E-state index in [1.807, 2.05) is 55.5 Å². The Morgan fingerprint density at radius 1 is 0.900 bits per heavy atom. The Kier molecular flexibility index (Phi) is 5.98. The topological polar surface area (TPSA) is 44.0 Å². The summed E-state index contributed by atoms with van der Waals surface area (Å²) in [5.74, 6) is 2.20. The molecule has 4 aromatic rings. The van der Waals surface area contributed by atoms with E-state index in [2.05, 4.69) is 0 Å². The van der Waals surface area contributed by atoms with Crippen molar-refractivity contribution < 1.29 is 13.9 Å². The SMILES string of the molecule is CCOc1ccc2oc(-c3ccc(OC)cc3)cc(=Nc3ccc(Cl)cc3Cl)c2c1. The van der Waals surface area contributed by atoms with Crippen molar-refractivity contribution >= 4 is 39.9 Å². The molecular weight excluding hydrogens is 421 g/mol. The van der Waals surface area contributed by atoms with E-state index in [1.165, 1.54) is 0 Å². The summed E-state index contributed by atoms with van der Waals surface area (Å²) in [5, 5.41) is 2.57. The number of fused-ring (bicyclic) bond motifs is 1. The standard InChI is InChI=1S/C24H19Cl2NO3/c1-3-29-18-9-11-23-19(13-18)22(27-21-10-6-16(25)12-20(21)26)14-24(30-23)15-4-7-17(28-2)8-5-15/h4-14H,3H2,1-2H3. The maximum Gasteiger partial charge on any atom is 0.137 e. The van der Waals surface area contributed by atoms with E-state index < -0.39 is 0 Å². The van der Waals surface area contributed by atoms with Gasteiger partial charge in [-0.1, -0.05) is 23.2 Å². The van der Waals surface area contributed by atoms with Crippen LogP contribution in [0.2, 0.25) is 10.0 Å². The van der Waals surface area contributed by atoms with Gasteiger partial charge in [0.1, 0.15) is 22.8 Å². The van der Waals surface area contributed by atoms with Crippen LogP contribution in [0.5, 0.6) is 11.5 Å². The number of benzene rings is 3. The van der Waals surface area contributed by atoms with Crippen LogP contribution < -0.4 is 14.8 Å². The molecule has 0 atom stereocenters. The minimum atomic E-state index is 0.475. The van der Waals surface area contributed by atoms with Gasteiger partial charge >= 0.3 is 0 Å². The average molecular weight is 440 g/mol. The highest BCUT2D eigenvalue weighted by Gasteiger charge is 2.09. The quantitative estimate of drug-likeness (QED) is 0.334. The van der Waals surface area contributed by atoms with Crippen molar-refractivity contribution in [1.29, 1.82) is 0 Å². The highest BCUT2D eigenvalue weighted by Crippen LogP contribution is 2.29. The molecule has 152 valence electrons. The molecule has 1 aromatic heterocycles. The lowest BCUT2D eigenvalue weighted by molar-refractivity contribution is 0.340. The van der Waals surface area contributed by atoms with Gasteiger partial charge < -0.3 is 13.9 Å². The summed E-state index contributed by atoms with van der Waals surface area (Å²) >= 11 is 12.4. The van der Waals surface area contributed by atoms with Gasteiger partial charge in [0.25, 0.3) is 0 Å². The lowest BCUT2D eigenvalue weighted by atomic mass is 10.1.